The maximum Gasteiger partial charge on any atom is 0.276 e. The van der Waals surface area contributed by atoms with Crippen LogP contribution in [0.2, 0.25) is 0 Å². The van der Waals surface area contributed by atoms with Crippen LogP contribution in [0.15, 0.2) is 46.9 Å². The molecule has 0 bridgehead atoms. The summed E-state index contributed by atoms with van der Waals surface area (Å²) in [6.07, 6.45) is 4.42. The molecule has 0 aliphatic carbocycles. The summed E-state index contributed by atoms with van der Waals surface area (Å²) in [7, 11) is 0. The van der Waals surface area contributed by atoms with Crippen LogP contribution in [-0.4, -0.2) is 30.0 Å². The molecule has 0 aliphatic rings. The van der Waals surface area contributed by atoms with Crippen molar-refractivity contribution in [2.75, 3.05) is 13.2 Å². The summed E-state index contributed by atoms with van der Waals surface area (Å²) in [6.45, 7) is 2.39. The molecule has 0 heterocycles. The molecule has 2 N–H and O–H groups in total. The van der Waals surface area contributed by atoms with Crippen molar-refractivity contribution in [3.8, 4) is 11.5 Å². The molecule has 2 aromatic carbocycles. The Labute approximate surface area is 188 Å². The summed E-state index contributed by atoms with van der Waals surface area (Å²) in [5, 5.41) is 10.6. The lowest BCUT2D eigenvalue weighted by Crippen LogP contribution is -2.43. The highest BCUT2D eigenvalue weighted by molar-refractivity contribution is 9.10. The standard InChI is InChI=1S/C21H24BrN3O6/c1-2-3-4-5-12-30-19-11-6-15(13-18(19)22)21(27)24-23-20(26)14-31-17-9-7-16(8-10-17)25(28)29/h6-11,13H,2-5,12,14H2,1H3,(H,23,26)(H,24,27). The Morgan fingerprint density at radius 2 is 1.77 bits per heavy atom. The number of nitrogens with zero attached hydrogens (tertiary/aromatic N) is 1. The van der Waals surface area contributed by atoms with E-state index in [1.807, 2.05) is 0 Å². The summed E-state index contributed by atoms with van der Waals surface area (Å²) >= 11 is 3.39. The Hall–Kier alpha value is -3.14. The normalized spacial score (nSPS) is 10.3. The first-order valence-corrected chi connectivity index (χ1v) is 10.6. The molecule has 0 aliphatic heterocycles. The lowest BCUT2D eigenvalue weighted by Gasteiger charge is -2.11. The van der Waals surface area contributed by atoms with Crippen molar-refractivity contribution in [1.82, 2.24) is 10.9 Å². The summed E-state index contributed by atoms with van der Waals surface area (Å²) in [5.41, 5.74) is 4.81. The molecule has 0 atom stereocenters. The lowest BCUT2D eigenvalue weighted by molar-refractivity contribution is -0.384. The van der Waals surface area contributed by atoms with E-state index in [1.54, 1.807) is 18.2 Å². The zero-order valence-electron chi connectivity index (χ0n) is 17.1. The molecule has 9 nitrogen and oxygen atoms in total. The van der Waals surface area contributed by atoms with Gasteiger partial charge in [-0.3, -0.25) is 30.6 Å². The minimum atomic E-state index is -0.585. The van der Waals surface area contributed by atoms with Crippen LogP contribution in [0.5, 0.6) is 11.5 Å². The third-order valence-corrected chi connectivity index (χ3v) is 4.80. The number of benzene rings is 2. The molecule has 2 aromatic rings. The fourth-order valence-electron chi connectivity index (χ4n) is 2.52. The van der Waals surface area contributed by atoms with Gasteiger partial charge in [0.25, 0.3) is 17.5 Å². The van der Waals surface area contributed by atoms with Gasteiger partial charge in [-0.1, -0.05) is 26.2 Å². The fourth-order valence-corrected chi connectivity index (χ4v) is 3.01. The number of nitro groups is 1. The maximum absolute atomic E-state index is 12.2. The molecule has 0 aromatic heterocycles. The van der Waals surface area contributed by atoms with Gasteiger partial charge in [-0.2, -0.15) is 0 Å². The van der Waals surface area contributed by atoms with E-state index in [4.69, 9.17) is 9.47 Å². The molecular formula is C21H24BrN3O6. The number of hydrogen-bond acceptors (Lipinski definition) is 6. The molecule has 2 amide bonds. The number of carbonyl (C=O) groups excluding carboxylic acids is 2. The number of amides is 2. The topological polar surface area (TPSA) is 120 Å². The molecule has 0 fully saturated rings. The number of carbonyl (C=O) groups is 2. The Morgan fingerprint density at radius 1 is 1.03 bits per heavy atom. The largest absolute Gasteiger partial charge is 0.492 e. The van der Waals surface area contributed by atoms with Gasteiger partial charge < -0.3 is 9.47 Å². The van der Waals surface area contributed by atoms with E-state index in [9.17, 15) is 19.7 Å². The van der Waals surface area contributed by atoms with Gasteiger partial charge in [0.1, 0.15) is 11.5 Å². The molecule has 166 valence electrons. The molecule has 0 unspecified atom stereocenters. The summed E-state index contributed by atoms with van der Waals surface area (Å²) < 4.78 is 11.6. The molecule has 0 saturated heterocycles. The summed E-state index contributed by atoms with van der Waals surface area (Å²) in [6, 6.07) is 10.2. The predicted molar refractivity (Wildman–Crippen MR) is 118 cm³/mol. The van der Waals surface area contributed by atoms with Crippen molar-refractivity contribution >= 4 is 33.4 Å². The van der Waals surface area contributed by atoms with Gasteiger partial charge in [-0.15, -0.1) is 0 Å². The van der Waals surface area contributed by atoms with Crippen LogP contribution >= 0.6 is 15.9 Å². The molecule has 31 heavy (non-hydrogen) atoms. The number of hydrazine groups is 1. The molecule has 2 rings (SSSR count). The van der Waals surface area contributed by atoms with Crippen LogP contribution in [0.4, 0.5) is 5.69 Å². The zero-order valence-corrected chi connectivity index (χ0v) is 18.6. The molecule has 0 radical (unpaired) electrons. The summed E-state index contributed by atoms with van der Waals surface area (Å²) in [5.74, 6) is -0.147. The van der Waals surface area contributed by atoms with Crippen molar-refractivity contribution in [2.24, 2.45) is 0 Å². The highest BCUT2D eigenvalue weighted by Gasteiger charge is 2.11. The number of ether oxygens (including phenoxy) is 2. The molecule has 10 heteroatoms. The van der Waals surface area contributed by atoms with Crippen molar-refractivity contribution in [3.63, 3.8) is 0 Å². The van der Waals surface area contributed by atoms with E-state index in [2.05, 4.69) is 33.7 Å². The van der Waals surface area contributed by atoms with E-state index >= 15 is 0 Å². The highest BCUT2D eigenvalue weighted by Crippen LogP contribution is 2.26. The average Bonchev–Trinajstić information content (AvgIpc) is 2.77. The van der Waals surface area contributed by atoms with Crippen LogP contribution in [-0.2, 0) is 4.79 Å². The number of nitrogens with one attached hydrogen (secondary N) is 2. The van der Waals surface area contributed by atoms with E-state index in [-0.39, 0.29) is 12.3 Å². The van der Waals surface area contributed by atoms with Crippen molar-refractivity contribution in [1.29, 1.82) is 0 Å². The van der Waals surface area contributed by atoms with Crippen LogP contribution in [0.25, 0.3) is 0 Å². The first kappa shape index (κ1) is 24.1. The van der Waals surface area contributed by atoms with Crippen molar-refractivity contribution in [3.05, 3.63) is 62.6 Å². The fraction of sp³-hybridized carbons (Fsp3) is 0.333. The predicted octanol–water partition coefficient (Wildman–Crippen LogP) is 4.16. The van der Waals surface area contributed by atoms with Crippen molar-refractivity contribution in [2.45, 2.75) is 32.6 Å². The van der Waals surface area contributed by atoms with Crippen LogP contribution in [0.3, 0.4) is 0 Å². The first-order valence-electron chi connectivity index (χ1n) is 9.79. The third-order valence-electron chi connectivity index (χ3n) is 4.18. The number of unbranched alkanes of at least 4 members (excludes halogenated alkanes) is 3. The highest BCUT2D eigenvalue weighted by atomic mass is 79.9. The Balaban J connectivity index is 1.76. The number of halogens is 1. The second kappa shape index (κ2) is 12.5. The van der Waals surface area contributed by atoms with Gasteiger partial charge >= 0.3 is 0 Å². The van der Waals surface area contributed by atoms with Gasteiger partial charge in [0.2, 0.25) is 0 Å². The monoisotopic (exact) mass is 493 g/mol. The Kier molecular flexibility index (Phi) is 9.76. The van der Waals surface area contributed by atoms with Crippen LogP contribution in [0, 0.1) is 10.1 Å². The van der Waals surface area contributed by atoms with Gasteiger partial charge in [-0.25, -0.2) is 0 Å². The third kappa shape index (κ3) is 8.25. The smallest absolute Gasteiger partial charge is 0.276 e. The average molecular weight is 494 g/mol. The lowest BCUT2D eigenvalue weighted by atomic mass is 10.2. The van der Waals surface area contributed by atoms with Gasteiger partial charge in [0.05, 0.1) is 16.0 Å². The van der Waals surface area contributed by atoms with Crippen LogP contribution in [0.1, 0.15) is 43.0 Å². The van der Waals surface area contributed by atoms with Gasteiger partial charge in [0, 0.05) is 17.7 Å². The number of nitro benzene ring substituents is 1. The van der Waals surface area contributed by atoms with Crippen LogP contribution < -0.4 is 20.3 Å². The first-order chi connectivity index (χ1) is 14.9. The van der Waals surface area contributed by atoms with Crippen molar-refractivity contribution < 1.29 is 24.0 Å². The number of hydrogen-bond donors (Lipinski definition) is 2. The SMILES string of the molecule is CCCCCCOc1ccc(C(=O)NNC(=O)COc2ccc([N+](=O)[O-])cc2)cc1Br. The number of non-ortho nitro benzene ring substituents is 1. The minimum Gasteiger partial charge on any atom is -0.492 e. The second-order valence-electron chi connectivity index (χ2n) is 6.60. The van der Waals surface area contributed by atoms with E-state index in [0.717, 1.165) is 19.3 Å². The minimum absolute atomic E-state index is 0.0804. The molecule has 0 spiro atoms. The maximum atomic E-state index is 12.2. The zero-order chi connectivity index (χ0) is 22.6. The summed E-state index contributed by atoms with van der Waals surface area (Å²) in [4.78, 5) is 34.2. The van der Waals surface area contributed by atoms with E-state index in [1.165, 1.54) is 30.7 Å². The quantitative estimate of drug-likeness (QED) is 0.275. The van der Waals surface area contributed by atoms with Gasteiger partial charge in [-0.05, 0) is 52.7 Å². The second-order valence-corrected chi connectivity index (χ2v) is 7.45. The van der Waals surface area contributed by atoms with E-state index in [0.29, 0.717) is 28.1 Å². The number of rotatable bonds is 11. The Morgan fingerprint density at radius 3 is 2.42 bits per heavy atom. The molecular weight excluding hydrogens is 470 g/mol. The Bertz CT molecular complexity index is 904. The van der Waals surface area contributed by atoms with E-state index < -0.39 is 16.7 Å². The van der Waals surface area contributed by atoms with Gasteiger partial charge in [0.15, 0.2) is 6.61 Å². The molecule has 0 saturated carbocycles.